The number of alkyl halides is 2. The van der Waals surface area contributed by atoms with Crippen LogP contribution >= 0.6 is 0 Å². The summed E-state index contributed by atoms with van der Waals surface area (Å²) in [6.07, 6.45) is 6.35. The lowest BCUT2D eigenvalue weighted by molar-refractivity contribution is -0.126. The summed E-state index contributed by atoms with van der Waals surface area (Å²) in [5.74, 6) is -1.33. The molecule has 0 N–H and O–H groups in total. The van der Waals surface area contributed by atoms with Crippen molar-refractivity contribution < 1.29 is 13.6 Å². The van der Waals surface area contributed by atoms with Crippen LogP contribution in [0.15, 0.2) is 0 Å². The van der Waals surface area contributed by atoms with Crippen LogP contribution in [0.1, 0.15) is 64.7 Å². The summed E-state index contributed by atoms with van der Waals surface area (Å²) < 4.78 is 26.3. The number of hydrogen-bond acceptors (Lipinski definition) is 1. The summed E-state index contributed by atoms with van der Waals surface area (Å²) in [5.41, 5.74) is 0. The lowest BCUT2D eigenvalue weighted by Gasteiger charge is -2.29. The Kier molecular flexibility index (Phi) is 4.39. The van der Waals surface area contributed by atoms with Crippen molar-refractivity contribution in [3.8, 4) is 0 Å². The van der Waals surface area contributed by atoms with Gasteiger partial charge in [0.15, 0.2) is 0 Å². The first-order chi connectivity index (χ1) is 8.50. The van der Waals surface area contributed by atoms with Gasteiger partial charge in [-0.15, -0.1) is 0 Å². The Morgan fingerprint density at radius 1 is 1.28 bits per heavy atom. The standard InChI is InChI=1S/C15H24F2O/c1-2-3-11-4-5-14(18)13(8-11)9-12-6-7-15(16,17)10-12/h11-13H,2-10H2,1H3. The molecule has 0 saturated heterocycles. The van der Waals surface area contributed by atoms with E-state index in [2.05, 4.69) is 6.92 Å². The number of rotatable bonds is 4. The highest BCUT2D eigenvalue weighted by Gasteiger charge is 2.41. The number of Topliss-reactive ketones (excluding diaryl/α,β-unsaturated/α-hetero) is 1. The average molecular weight is 258 g/mol. The van der Waals surface area contributed by atoms with Crippen LogP contribution in [0.25, 0.3) is 0 Å². The van der Waals surface area contributed by atoms with Gasteiger partial charge < -0.3 is 0 Å². The Labute approximate surface area is 108 Å². The molecule has 3 heteroatoms. The molecule has 2 saturated carbocycles. The van der Waals surface area contributed by atoms with Crippen molar-refractivity contribution in [2.45, 2.75) is 70.6 Å². The van der Waals surface area contributed by atoms with E-state index in [-0.39, 0.29) is 24.7 Å². The van der Waals surface area contributed by atoms with Gasteiger partial charge in [-0.2, -0.15) is 0 Å². The molecule has 0 radical (unpaired) electrons. The SMILES string of the molecule is CCCC1CCC(=O)C(CC2CCC(F)(F)C2)C1. The zero-order valence-corrected chi connectivity index (χ0v) is 11.3. The molecule has 2 fully saturated rings. The molecule has 0 bridgehead atoms. The van der Waals surface area contributed by atoms with Gasteiger partial charge in [0.05, 0.1) is 0 Å². The van der Waals surface area contributed by atoms with Gasteiger partial charge in [0.1, 0.15) is 5.78 Å². The molecule has 2 rings (SSSR count). The zero-order valence-electron chi connectivity index (χ0n) is 11.3. The van der Waals surface area contributed by atoms with E-state index in [1.165, 1.54) is 6.42 Å². The Balaban J connectivity index is 1.85. The zero-order chi connectivity index (χ0) is 13.2. The van der Waals surface area contributed by atoms with Gasteiger partial charge in [-0.1, -0.05) is 19.8 Å². The molecule has 0 aliphatic heterocycles. The predicted octanol–water partition coefficient (Wildman–Crippen LogP) is 4.60. The average Bonchev–Trinajstić information content (AvgIpc) is 2.63. The second-order valence-corrected chi connectivity index (χ2v) is 6.29. The van der Waals surface area contributed by atoms with Gasteiger partial charge in [-0.25, -0.2) is 8.78 Å². The number of halogens is 2. The predicted molar refractivity (Wildman–Crippen MR) is 67.7 cm³/mol. The maximum atomic E-state index is 13.2. The number of ketones is 1. The van der Waals surface area contributed by atoms with Crippen LogP contribution in [-0.2, 0) is 4.79 Å². The van der Waals surface area contributed by atoms with Crippen molar-refractivity contribution in [2.75, 3.05) is 0 Å². The maximum Gasteiger partial charge on any atom is 0.248 e. The molecule has 1 nitrogen and oxygen atoms in total. The molecule has 0 spiro atoms. The van der Waals surface area contributed by atoms with Crippen LogP contribution < -0.4 is 0 Å². The van der Waals surface area contributed by atoms with Gasteiger partial charge in [0.25, 0.3) is 0 Å². The number of hydrogen-bond donors (Lipinski definition) is 0. The largest absolute Gasteiger partial charge is 0.299 e. The molecule has 3 unspecified atom stereocenters. The van der Waals surface area contributed by atoms with E-state index in [0.717, 1.165) is 19.3 Å². The van der Waals surface area contributed by atoms with Gasteiger partial charge in [-0.3, -0.25) is 4.79 Å². The summed E-state index contributed by atoms with van der Waals surface area (Å²) in [5, 5.41) is 0. The Hall–Kier alpha value is -0.470. The molecular weight excluding hydrogens is 234 g/mol. The Morgan fingerprint density at radius 3 is 2.67 bits per heavy atom. The van der Waals surface area contributed by atoms with Crippen LogP contribution in [0.3, 0.4) is 0 Å². The lowest BCUT2D eigenvalue weighted by Crippen LogP contribution is -2.26. The highest BCUT2D eigenvalue weighted by molar-refractivity contribution is 5.81. The third kappa shape index (κ3) is 3.52. The minimum atomic E-state index is -2.47. The highest BCUT2D eigenvalue weighted by atomic mass is 19.3. The Bertz CT molecular complexity index is 301. The van der Waals surface area contributed by atoms with Gasteiger partial charge in [0, 0.05) is 25.2 Å². The second-order valence-electron chi connectivity index (χ2n) is 6.29. The number of carbonyl (C=O) groups excluding carboxylic acids is 1. The third-order valence-corrected chi connectivity index (χ3v) is 4.69. The summed E-state index contributed by atoms with van der Waals surface area (Å²) in [6.45, 7) is 2.17. The first-order valence-corrected chi connectivity index (χ1v) is 7.40. The first-order valence-electron chi connectivity index (χ1n) is 7.40. The van der Waals surface area contributed by atoms with Crippen LogP contribution in [0.5, 0.6) is 0 Å². The molecule has 0 amide bonds. The molecule has 18 heavy (non-hydrogen) atoms. The smallest absolute Gasteiger partial charge is 0.248 e. The van der Waals surface area contributed by atoms with Crippen molar-refractivity contribution in [2.24, 2.45) is 17.8 Å². The molecule has 3 atom stereocenters. The van der Waals surface area contributed by atoms with E-state index in [1.807, 2.05) is 0 Å². The monoisotopic (exact) mass is 258 g/mol. The van der Waals surface area contributed by atoms with Crippen molar-refractivity contribution in [1.82, 2.24) is 0 Å². The van der Waals surface area contributed by atoms with Crippen LogP contribution in [0.2, 0.25) is 0 Å². The van der Waals surface area contributed by atoms with E-state index in [0.29, 0.717) is 31.0 Å². The van der Waals surface area contributed by atoms with E-state index < -0.39 is 5.92 Å². The van der Waals surface area contributed by atoms with Crippen LogP contribution in [0.4, 0.5) is 8.78 Å². The number of carbonyl (C=O) groups is 1. The molecule has 2 aliphatic carbocycles. The maximum absolute atomic E-state index is 13.2. The summed E-state index contributed by atoms with van der Waals surface area (Å²) in [4.78, 5) is 11.9. The molecule has 0 aromatic heterocycles. The quantitative estimate of drug-likeness (QED) is 0.720. The Morgan fingerprint density at radius 2 is 2.06 bits per heavy atom. The van der Waals surface area contributed by atoms with E-state index >= 15 is 0 Å². The molecular formula is C15H24F2O. The second kappa shape index (κ2) is 5.66. The topological polar surface area (TPSA) is 17.1 Å². The van der Waals surface area contributed by atoms with Gasteiger partial charge in [0.2, 0.25) is 5.92 Å². The van der Waals surface area contributed by atoms with Gasteiger partial charge >= 0.3 is 0 Å². The molecule has 2 aliphatic rings. The van der Waals surface area contributed by atoms with Crippen molar-refractivity contribution in [3.05, 3.63) is 0 Å². The summed E-state index contributed by atoms with van der Waals surface area (Å²) in [6, 6.07) is 0. The van der Waals surface area contributed by atoms with Crippen LogP contribution in [0, 0.1) is 17.8 Å². The highest BCUT2D eigenvalue weighted by Crippen LogP contribution is 2.43. The van der Waals surface area contributed by atoms with Crippen molar-refractivity contribution >= 4 is 5.78 Å². The fraction of sp³-hybridized carbons (Fsp3) is 0.933. The minimum absolute atomic E-state index is 0.00915. The third-order valence-electron chi connectivity index (χ3n) is 4.69. The van der Waals surface area contributed by atoms with Crippen LogP contribution in [-0.4, -0.2) is 11.7 Å². The normalized spacial score (nSPS) is 35.9. The fourth-order valence-electron chi connectivity index (χ4n) is 3.75. The van der Waals surface area contributed by atoms with Crippen molar-refractivity contribution in [1.29, 1.82) is 0 Å². The molecule has 0 aromatic carbocycles. The first kappa shape index (κ1) is 14.0. The molecule has 0 aromatic rings. The van der Waals surface area contributed by atoms with E-state index in [4.69, 9.17) is 0 Å². The van der Waals surface area contributed by atoms with Crippen molar-refractivity contribution in [3.63, 3.8) is 0 Å². The fourth-order valence-corrected chi connectivity index (χ4v) is 3.75. The van der Waals surface area contributed by atoms with Gasteiger partial charge in [-0.05, 0) is 37.5 Å². The molecule has 104 valence electrons. The summed E-state index contributed by atoms with van der Waals surface area (Å²) in [7, 11) is 0. The minimum Gasteiger partial charge on any atom is -0.299 e. The van der Waals surface area contributed by atoms with E-state index in [1.54, 1.807) is 0 Å². The molecule has 0 heterocycles. The lowest BCUT2D eigenvalue weighted by atomic mass is 9.75. The van der Waals surface area contributed by atoms with E-state index in [9.17, 15) is 13.6 Å². The summed E-state index contributed by atoms with van der Waals surface area (Å²) >= 11 is 0.